The van der Waals surface area contributed by atoms with Crippen molar-refractivity contribution in [3.63, 3.8) is 0 Å². The maximum absolute atomic E-state index is 6.16. The highest BCUT2D eigenvalue weighted by Gasteiger charge is 2.29. The lowest BCUT2D eigenvalue weighted by Gasteiger charge is -2.35. The van der Waals surface area contributed by atoms with Crippen molar-refractivity contribution < 1.29 is 4.74 Å². The van der Waals surface area contributed by atoms with Gasteiger partial charge in [-0.3, -0.25) is 0 Å². The van der Waals surface area contributed by atoms with Gasteiger partial charge in [0.1, 0.15) is 11.9 Å². The van der Waals surface area contributed by atoms with Gasteiger partial charge in [-0.1, -0.05) is 48.5 Å². The van der Waals surface area contributed by atoms with E-state index in [4.69, 9.17) is 4.74 Å². The van der Waals surface area contributed by atoms with E-state index in [9.17, 15) is 0 Å². The molecule has 1 aliphatic heterocycles. The van der Waals surface area contributed by atoms with Crippen molar-refractivity contribution in [2.75, 3.05) is 13.1 Å². The largest absolute Gasteiger partial charge is 0.485 e. The Bertz CT molecular complexity index is 485. The first-order valence-corrected chi connectivity index (χ1v) is 6.41. The molecule has 0 bridgehead atoms. The molecule has 0 aromatic heterocycles. The fourth-order valence-corrected chi connectivity index (χ4v) is 2.25. The summed E-state index contributed by atoms with van der Waals surface area (Å²) in [6.45, 7) is 2.07. The van der Waals surface area contributed by atoms with Crippen LogP contribution in [0.3, 0.4) is 0 Å². The maximum Gasteiger partial charge on any atom is 0.129 e. The standard InChI is InChI=1S/C16H17NO.ClH/c1-3-7-13(8-4-1)16(14-11-17-12-14)18-15-9-5-2-6-10-15;/h1-10,14,16-17H,11-12H2;1H/t16-;/m1./s1. The molecule has 3 rings (SSSR count). The van der Waals surface area contributed by atoms with Crippen LogP contribution in [0.15, 0.2) is 60.7 Å². The Morgan fingerprint density at radius 3 is 2.00 bits per heavy atom. The van der Waals surface area contributed by atoms with Crippen LogP contribution >= 0.6 is 12.4 Å². The van der Waals surface area contributed by atoms with Gasteiger partial charge in [0, 0.05) is 19.0 Å². The highest BCUT2D eigenvalue weighted by Crippen LogP contribution is 2.30. The van der Waals surface area contributed by atoms with Gasteiger partial charge >= 0.3 is 0 Å². The molecule has 1 N–H and O–H groups in total. The van der Waals surface area contributed by atoms with E-state index < -0.39 is 0 Å². The third-order valence-electron chi connectivity index (χ3n) is 3.38. The molecule has 2 aromatic rings. The van der Waals surface area contributed by atoms with E-state index in [2.05, 4.69) is 29.6 Å². The zero-order chi connectivity index (χ0) is 12.2. The summed E-state index contributed by atoms with van der Waals surface area (Å²) in [6.07, 6.45) is 0.148. The van der Waals surface area contributed by atoms with Gasteiger partial charge < -0.3 is 10.1 Å². The van der Waals surface area contributed by atoms with Gasteiger partial charge in [-0.25, -0.2) is 0 Å². The normalized spacial score (nSPS) is 16.0. The second kappa shape index (κ2) is 6.60. The molecule has 100 valence electrons. The lowest BCUT2D eigenvalue weighted by Crippen LogP contribution is -2.46. The molecule has 0 radical (unpaired) electrons. The summed E-state index contributed by atoms with van der Waals surface area (Å²) in [6, 6.07) is 20.5. The molecule has 1 atom stereocenters. The van der Waals surface area contributed by atoms with Crippen molar-refractivity contribution in [3.8, 4) is 5.75 Å². The lowest BCUT2D eigenvalue weighted by atomic mass is 9.91. The third-order valence-corrected chi connectivity index (χ3v) is 3.38. The molecule has 19 heavy (non-hydrogen) atoms. The first-order valence-electron chi connectivity index (χ1n) is 6.41. The Hall–Kier alpha value is -1.51. The predicted octanol–water partition coefficient (Wildman–Crippen LogP) is 3.45. The Morgan fingerprint density at radius 1 is 0.895 bits per heavy atom. The summed E-state index contributed by atoms with van der Waals surface area (Å²) in [5.41, 5.74) is 1.26. The Morgan fingerprint density at radius 2 is 1.47 bits per heavy atom. The number of nitrogens with one attached hydrogen (secondary N) is 1. The van der Waals surface area contributed by atoms with E-state index in [0.29, 0.717) is 5.92 Å². The summed E-state index contributed by atoms with van der Waals surface area (Å²) in [4.78, 5) is 0. The highest BCUT2D eigenvalue weighted by molar-refractivity contribution is 5.85. The number of hydrogen-bond donors (Lipinski definition) is 1. The number of ether oxygens (including phenoxy) is 1. The van der Waals surface area contributed by atoms with Crippen LogP contribution < -0.4 is 10.1 Å². The van der Waals surface area contributed by atoms with E-state index in [1.165, 1.54) is 5.56 Å². The van der Waals surface area contributed by atoms with E-state index in [1.807, 2.05) is 36.4 Å². The number of para-hydroxylation sites is 1. The molecule has 2 nitrogen and oxygen atoms in total. The second-order valence-electron chi connectivity index (χ2n) is 4.68. The van der Waals surface area contributed by atoms with Gasteiger partial charge in [0.15, 0.2) is 0 Å². The minimum absolute atomic E-state index is 0. The molecule has 1 saturated heterocycles. The number of hydrogen-bond acceptors (Lipinski definition) is 2. The predicted molar refractivity (Wildman–Crippen MR) is 79.9 cm³/mol. The van der Waals surface area contributed by atoms with Crippen molar-refractivity contribution >= 4 is 12.4 Å². The molecule has 2 aromatic carbocycles. The number of rotatable bonds is 4. The van der Waals surface area contributed by atoms with Gasteiger partial charge in [0.25, 0.3) is 0 Å². The number of benzene rings is 2. The van der Waals surface area contributed by atoms with Crippen LogP contribution in [0.5, 0.6) is 5.75 Å². The topological polar surface area (TPSA) is 21.3 Å². The van der Waals surface area contributed by atoms with Crippen LogP contribution in [0.1, 0.15) is 11.7 Å². The average molecular weight is 276 g/mol. The average Bonchev–Trinajstić information content (AvgIpc) is 2.38. The molecule has 0 saturated carbocycles. The Balaban J connectivity index is 0.00000133. The monoisotopic (exact) mass is 275 g/mol. The first kappa shape index (κ1) is 13.9. The Kier molecular flexibility index (Phi) is 4.83. The molecule has 0 amide bonds. The zero-order valence-corrected chi connectivity index (χ0v) is 11.5. The molecule has 0 spiro atoms. The van der Waals surface area contributed by atoms with Gasteiger partial charge in [0.2, 0.25) is 0 Å². The SMILES string of the molecule is Cl.c1ccc(O[C@H](c2ccccc2)C2CNC2)cc1. The third kappa shape index (κ3) is 3.28. The van der Waals surface area contributed by atoms with Gasteiger partial charge in [-0.05, 0) is 17.7 Å². The van der Waals surface area contributed by atoms with Crippen LogP contribution in [0.4, 0.5) is 0 Å². The molecule has 1 fully saturated rings. The van der Waals surface area contributed by atoms with Gasteiger partial charge in [-0.15, -0.1) is 12.4 Å². The van der Waals surface area contributed by atoms with Crippen molar-refractivity contribution in [1.29, 1.82) is 0 Å². The molecular formula is C16H18ClNO. The molecule has 0 aliphatic carbocycles. The quantitative estimate of drug-likeness (QED) is 0.923. The smallest absolute Gasteiger partial charge is 0.129 e. The summed E-state index contributed by atoms with van der Waals surface area (Å²) >= 11 is 0. The first-order chi connectivity index (χ1) is 8.93. The van der Waals surface area contributed by atoms with Crippen LogP contribution in [-0.4, -0.2) is 13.1 Å². The summed E-state index contributed by atoms with van der Waals surface area (Å²) in [5.74, 6) is 1.51. The summed E-state index contributed by atoms with van der Waals surface area (Å²) < 4.78 is 6.16. The van der Waals surface area contributed by atoms with Crippen LogP contribution in [0.25, 0.3) is 0 Å². The molecule has 1 aliphatic rings. The number of halogens is 1. The molecule has 3 heteroatoms. The highest BCUT2D eigenvalue weighted by atomic mass is 35.5. The minimum Gasteiger partial charge on any atom is -0.485 e. The van der Waals surface area contributed by atoms with Crippen molar-refractivity contribution in [2.45, 2.75) is 6.10 Å². The van der Waals surface area contributed by atoms with E-state index in [1.54, 1.807) is 0 Å². The van der Waals surface area contributed by atoms with E-state index >= 15 is 0 Å². The van der Waals surface area contributed by atoms with Gasteiger partial charge in [0.05, 0.1) is 0 Å². The summed E-state index contributed by atoms with van der Waals surface area (Å²) in [7, 11) is 0. The maximum atomic E-state index is 6.16. The Labute approximate surface area is 120 Å². The molecule has 1 heterocycles. The van der Waals surface area contributed by atoms with Crippen LogP contribution in [0, 0.1) is 5.92 Å². The van der Waals surface area contributed by atoms with Crippen molar-refractivity contribution in [1.82, 2.24) is 5.32 Å². The van der Waals surface area contributed by atoms with Crippen molar-refractivity contribution in [3.05, 3.63) is 66.2 Å². The lowest BCUT2D eigenvalue weighted by molar-refractivity contribution is 0.0993. The van der Waals surface area contributed by atoms with E-state index in [-0.39, 0.29) is 18.5 Å². The van der Waals surface area contributed by atoms with Crippen molar-refractivity contribution in [2.24, 2.45) is 5.92 Å². The van der Waals surface area contributed by atoms with Crippen LogP contribution in [0.2, 0.25) is 0 Å². The second-order valence-corrected chi connectivity index (χ2v) is 4.68. The molecular weight excluding hydrogens is 258 g/mol. The fourth-order valence-electron chi connectivity index (χ4n) is 2.25. The van der Waals surface area contributed by atoms with E-state index in [0.717, 1.165) is 18.8 Å². The fraction of sp³-hybridized carbons (Fsp3) is 0.250. The van der Waals surface area contributed by atoms with Crippen LogP contribution in [-0.2, 0) is 0 Å². The minimum atomic E-state index is 0. The molecule has 0 unspecified atom stereocenters. The van der Waals surface area contributed by atoms with Gasteiger partial charge in [-0.2, -0.15) is 0 Å². The zero-order valence-electron chi connectivity index (χ0n) is 10.7. The summed E-state index contributed by atoms with van der Waals surface area (Å²) in [5, 5.41) is 3.32.